The Bertz CT molecular complexity index is 1280. The number of rotatable bonds is 11. The van der Waals surface area contributed by atoms with Gasteiger partial charge < -0.3 is 28.7 Å². The molecule has 2 aromatic rings. The van der Waals surface area contributed by atoms with Crippen molar-refractivity contribution in [3.63, 3.8) is 0 Å². The van der Waals surface area contributed by atoms with Gasteiger partial charge in [0.25, 0.3) is 0 Å². The lowest BCUT2D eigenvalue weighted by molar-refractivity contribution is -0.151. The Morgan fingerprint density at radius 1 is 0.744 bits per heavy atom. The second kappa shape index (κ2) is 11.8. The average Bonchev–Trinajstić information content (AvgIpc) is 3.39. The summed E-state index contributed by atoms with van der Waals surface area (Å²) in [6.45, 7) is 6.24. The molecule has 8 heteroatoms. The van der Waals surface area contributed by atoms with Crippen LogP contribution >= 0.6 is 0 Å². The maximum absolute atomic E-state index is 14.3. The van der Waals surface area contributed by atoms with Crippen LogP contribution in [0, 0.1) is 25.2 Å². The molecule has 2 aromatic carbocycles. The smallest absolute Gasteiger partial charge is 0.238 e. The zero-order valence-electron chi connectivity index (χ0n) is 23.8. The number of carbonyl (C=O) groups excluding carboxylic acids is 2. The lowest BCUT2D eigenvalue weighted by atomic mass is 9.76. The molecule has 0 aromatic heterocycles. The number of hydrogen-bond donors (Lipinski definition) is 0. The van der Waals surface area contributed by atoms with Crippen molar-refractivity contribution in [2.75, 3.05) is 41.5 Å². The van der Waals surface area contributed by atoms with Crippen LogP contribution in [0.3, 0.4) is 0 Å². The second-order valence-corrected chi connectivity index (χ2v) is 10.1. The molecule has 0 spiro atoms. The van der Waals surface area contributed by atoms with Crippen molar-refractivity contribution in [2.24, 2.45) is 11.3 Å². The normalized spacial score (nSPS) is 21.4. The third-order valence-electron chi connectivity index (χ3n) is 7.78. The minimum atomic E-state index is -1.14. The molecule has 0 saturated carbocycles. The topological polar surface area (TPSA) is 77.5 Å². The summed E-state index contributed by atoms with van der Waals surface area (Å²) < 4.78 is 21.8. The second-order valence-electron chi connectivity index (χ2n) is 10.1. The number of nitrogens with zero attached hydrogens (tertiary/aromatic N) is 2. The first-order valence-electron chi connectivity index (χ1n) is 13.0. The number of benzene rings is 2. The van der Waals surface area contributed by atoms with Crippen LogP contribution in [0.15, 0.2) is 60.7 Å². The minimum Gasteiger partial charge on any atom is -0.354 e. The number of amides is 2. The molecule has 2 unspecified atom stereocenters. The SMILES string of the molecule is COC(CN1C(=O)C(C2(C)C=C(c3ccccc3C)N(CC(OC)OC)C2=O)C=C1c1ccccc1C)OC. The molecule has 8 nitrogen and oxygen atoms in total. The predicted molar refractivity (Wildman–Crippen MR) is 149 cm³/mol. The van der Waals surface area contributed by atoms with Crippen molar-refractivity contribution in [3.8, 4) is 0 Å². The number of ether oxygens (including phenoxy) is 4. The zero-order chi connectivity index (χ0) is 28.3. The molecule has 2 heterocycles. The first-order chi connectivity index (χ1) is 18.7. The van der Waals surface area contributed by atoms with Gasteiger partial charge in [0.05, 0.1) is 24.4 Å². The van der Waals surface area contributed by atoms with Crippen LogP contribution in [0.2, 0.25) is 0 Å². The van der Waals surface area contributed by atoms with E-state index in [1.54, 1.807) is 38.2 Å². The Kier molecular flexibility index (Phi) is 8.71. The highest BCUT2D eigenvalue weighted by Gasteiger charge is 2.54. The summed E-state index contributed by atoms with van der Waals surface area (Å²) in [6.07, 6.45) is 2.61. The van der Waals surface area contributed by atoms with Crippen LogP contribution < -0.4 is 0 Å². The van der Waals surface area contributed by atoms with Crippen molar-refractivity contribution in [2.45, 2.75) is 33.4 Å². The van der Waals surface area contributed by atoms with Gasteiger partial charge in [0, 0.05) is 51.0 Å². The van der Waals surface area contributed by atoms with E-state index in [0.29, 0.717) is 0 Å². The van der Waals surface area contributed by atoms with Gasteiger partial charge in [0.1, 0.15) is 0 Å². The summed E-state index contributed by atoms with van der Waals surface area (Å²) in [5.74, 6) is -1.10. The summed E-state index contributed by atoms with van der Waals surface area (Å²) in [4.78, 5) is 31.8. The quantitative estimate of drug-likeness (QED) is 0.402. The van der Waals surface area contributed by atoms with Gasteiger partial charge in [0.15, 0.2) is 12.6 Å². The molecule has 0 aliphatic carbocycles. The van der Waals surface area contributed by atoms with Gasteiger partial charge in [-0.3, -0.25) is 9.59 Å². The Labute approximate surface area is 230 Å². The molecule has 4 rings (SSSR count). The van der Waals surface area contributed by atoms with E-state index in [9.17, 15) is 9.59 Å². The highest BCUT2D eigenvalue weighted by Crippen LogP contribution is 2.48. The monoisotopic (exact) mass is 534 g/mol. The van der Waals surface area contributed by atoms with E-state index in [-0.39, 0.29) is 24.9 Å². The summed E-state index contributed by atoms with van der Waals surface area (Å²) in [6, 6.07) is 15.8. The minimum absolute atomic E-state index is 0.180. The Hall–Kier alpha value is -3.30. The molecule has 0 fully saturated rings. The molecule has 0 bridgehead atoms. The van der Waals surface area contributed by atoms with E-state index in [1.807, 2.05) is 81.5 Å². The number of carbonyl (C=O) groups is 2. The van der Waals surface area contributed by atoms with Gasteiger partial charge in [-0.15, -0.1) is 0 Å². The Morgan fingerprint density at radius 3 is 1.69 bits per heavy atom. The molecule has 208 valence electrons. The standard InChI is InChI=1S/C31H38N2O6/c1-20-12-8-10-14-22(20)25-16-24(29(34)32(25)18-27(36-4)37-5)31(3)17-26(23-15-11-9-13-21(23)2)33(30(31)35)19-28(38-6)39-7/h8-17,24,27-28H,18-19H2,1-7H3. The largest absolute Gasteiger partial charge is 0.354 e. The van der Waals surface area contributed by atoms with E-state index in [2.05, 4.69) is 0 Å². The lowest BCUT2D eigenvalue weighted by Crippen LogP contribution is -2.46. The van der Waals surface area contributed by atoms with E-state index in [0.717, 1.165) is 33.6 Å². The summed E-state index contributed by atoms with van der Waals surface area (Å²) in [5.41, 5.74) is 4.24. The molecular formula is C31H38N2O6. The maximum Gasteiger partial charge on any atom is 0.238 e. The van der Waals surface area contributed by atoms with Gasteiger partial charge in [-0.05, 0) is 44.1 Å². The molecule has 2 atom stereocenters. The third-order valence-corrected chi connectivity index (χ3v) is 7.78. The average molecular weight is 535 g/mol. The summed E-state index contributed by atoms with van der Waals surface area (Å²) >= 11 is 0. The van der Waals surface area contributed by atoms with Gasteiger partial charge in [-0.2, -0.15) is 0 Å². The first kappa shape index (κ1) is 28.7. The molecule has 2 aliphatic heterocycles. The number of hydrogen-bond acceptors (Lipinski definition) is 6. The Morgan fingerprint density at radius 2 is 1.21 bits per heavy atom. The van der Waals surface area contributed by atoms with Crippen LogP contribution in [0.25, 0.3) is 11.4 Å². The van der Waals surface area contributed by atoms with Crippen LogP contribution in [-0.2, 0) is 28.5 Å². The van der Waals surface area contributed by atoms with Crippen molar-refractivity contribution in [3.05, 3.63) is 82.9 Å². The number of aryl methyl sites for hydroxylation is 2. The van der Waals surface area contributed by atoms with Crippen molar-refractivity contribution in [1.29, 1.82) is 0 Å². The fourth-order valence-electron chi connectivity index (χ4n) is 5.42. The molecule has 2 amide bonds. The third kappa shape index (κ3) is 5.30. The molecule has 2 aliphatic rings. The van der Waals surface area contributed by atoms with E-state index >= 15 is 0 Å². The van der Waals surface area contributed by atoms with E-state index < -0.39 is 23.9 Å². The summed E-state index contributed by atoms with van der Waals surface area (Å²) in [5, 5.41) is 0. The van der Waals surface area contributed by atoms with Crippen molar-refractivity contribution >= 4 is 23.2 Å². The van der Waals surface area contributed by atoms with Crippen LogP contribution in [0.4, 0.5) is 0 Å². The molecule has 0 N–H and O–H groups in total. The molecule has 0 saturated heterocycles. The zero-order valence-corrected chi connectivity index (χ0v) is 23.8. The molecule has 0 radical (unpaired) electrons. The van der Waals surface area contributed by atoms with Crippen molar-refractivity contribution in [1.82, 2.24) is 9.80 Å². The van der Waals surface area contributed by atoms with Gasteiger partial charge in [-0.25, -0.2) is 0 Å². The fourth-order valence-corrected chi connectivity index (χ4v) is 5.42. The molecular weight excluding hydrogens is 496 g/mol. The fraction of sp³-hybridized carbons (Fsp3) is 0.419. The first-order valence-corrected chi connectivity index (χ1v) is 13.0. The van der Waals surface area contributed by atoms with Crippen LogP contribution in [-0.4, -0.2) is 75.7 Å². The van der Waals surface area contributed by atoms with Gasteiger partial charge in [0.2, 0.25) is 11.8 Å². The Balaban J connectivity index is 1.84. The van der Waals surface area contributed by atoms with Crippen molar-refractivity contribution < 1.29 is 28.5 Å². The van der Waals surface area contributed by atoms with Gasteiger partial charge >= 0.3 is 0 Å². The maximum atomic E-state index is 14.3. The lowest BCUT2D eigenvalue weighted by Gasteiger charge is -2.31. The molecule has 39 heavy (non-hydrogen) atoms. The number of methoxy groups -OCH3 is 4. The van der Waals surface area contributed by atoms with Gasteiger partial charge in [-0.1, -0.05) is 48.5 Å². The van der Waals surface area contributed by atoms with Crippen LogP contribution in [0.1, 0.15) is 29.2 Å². The van der Waals surface area contributed by atoms with E-state index in [1.165, 1.54) is 0 Å². The predicted octanol–water partition coefficient (Wildman–Crippen LogP) is 4.23. The van der Waals surface area contributed by atoms with E-state index in [4.69, 9.17) is 18.9 Å². The summed E-state index contributed by atoms with van der Waals surface area (Å²) in [7, 11) is 6.18. The highest BCUT2D eigenvalue weighted by atomic mass is 16.7. The van der Waals surface area contributed by atoms with Crippen LogP contribution in [0.5, 0.6) is 0 Å². The highest BCUT2D eigenvalue weighted by molar-refractivity contribution is 6.06.